The van der Waals surface area contributed by atoms with Crippen molar-refractivity contribution in [2.24, 2.45) is 52.3 Å². The molecule has 3 nitrogen and oxygen atoms in total. The predicted octanol–water partition coefficient (Wildman–Crippen LogP) is 5.41. The first kappa shape index (κ1) is 23.1. The summed E-state index contributed by atoms with van der Waals surface area (Å²) in [5.41, 5.74) is 0.400. The second-order valence-corrected chi connectivity index (χ2v) is 12.9. The number of rotatable bonds is 5. The molecule has 0 aromatic heterocycles. The summed E-state index contributed by atoms with van der Waals surface area (Å²) in [5, 5.41) is 31.9. The minimum atomic E-state index is -0.661. The molecule has 4 aliphatic rings. The van der Waals surface area contributed by atoms with Crippen LogP contribution in [0.1, 0.15) is 98.8 Å². The van der Waals surface area contributed by atoms with Gasteiger partial charge >= 0.3 is 0 Å². The zero-order chi connectivity index (χ0) is 21.8. The highest BCUT2D eigenvalue weighted by Crippen LogP contribution is 2.68. The largest absolute Gasteiger partial charge is 0.393 e. The highest BCUT2D eigenvalue weighted by molar-refractivity contribution is 5.12. The lowest BCUT2D eigenvalue weighted by molar-refractivity contribution is -0.195. The Morgan fingerprint density at radius 1 is 0.767 bits per heavy atom. The smallest absolute Gasteiger partial charge is 0.0804 e. The third-order valence-electron chi connectivity index (χ3n) is 10.9. The Morgan fingerprint density at radius 2 is 1.47 bits per heavy atom. The third-order valence-corrected chi connectivity index (χ3v) is 10.9. The first-order chi connectivity index (χ1) is 14.1. The number of aliphatic hydroxyl groups excluding tert-OH is 3. The first-order valence-corrected chi connectivity index (χ1v) is 13.1. The lowest BCUT2D eigenvalue weighted by Crippen LogP contribution is -2.60. The van der Waals surface area contributed by atoms with E-state index in [0.717, 1.165) is 30.1 Å². The molecule has 0 unspecified atom stereocenters. The van der Waals surface area contributed by atoms with E-state index in [1.165, 1.54) is 44.9 Å². The topological polar surface area (TPSA) is 60.7 Å². The molecule has 0 bridgehead atoms. The van der Waals surface area contributed by atoms with Crippen molar-refractivity contribution in [1.29, 1.82) is 0 Å². The maximum absolute atomic E-state index is 11.2. The molecule has 11 atom stereocenters. The van der Waals surface area contributed by atoms with E-state index in [1.807, 2.05) is 0 Å². The summed E-state index contributed by atoms with van der Waals surface area (Å²) in [6.45, 7) is 12.1. The molecule has 0 spiro atoms. The standard InChI is InChI=1S/C27H48O3/c1-16(2)7-6-8-17(3)19-9-10-20-18-13-23(28)22-14-24(29)25(30)15-27(22,5)21(18)11-12-26(19,20)4/h16-25,28-30H,6-15H2,1-5H3/t17-,18+,19-,20+,21+,22+,23+,24-,25+,26-,27-/m1/s1. The normalized spacial score (nSPS) is 51.9. The highest BCUT2D eigenvalue weighted by Gasteiger charge is 2.63. The van der Waals surface area contributed by atoms with Gasteiger partial charge in [0.05, 0.1) is 18.3 Å². The average molecular weight is 421 g/mol. The van der Waals surface area contributed by atoms with Gasteiger partial charge in [0.25, 0.3) is 0 Å². The fraction of sp³-hybridized carbons (Fsp3) is 1.00. The van der Waals surface area contributed by atoms with E-state index in [4.69, 9.17) is 0 Å². The van der Waals surface area contributed by atoms with Crippen LogP contribution in [-0.2, 0) is 0 Å². The van der Waals surface area contributed by atoms with Crippen LogP contribution in [0.5, 0.6) is 0 Å². The number of hydrogen-bond acceptors (Lipinski definition) is 3. The maximum atomic E-state index is 11.2. The van der Waals surface area contributed by atoms with Crippen LogP contribution >= 0.6 is 0 Å². The lowest BCUT2D eigenvalue weighted by Gasteiger charge is -2.62. The molecule has 0 aromatic rings. The minimum Gasteiger partial charge on any atom is -0.393 e. The van der Waals surface area contributed by atoms with Gasteiger partial charge in [0.1, 0.15) is 0 Å². The third kappa shape index (κ3) is 3.69. The van der Waals surface area contributed by atoms with Gasteiger partial charge in [-0.15, -0.1) is 0 Å². The van der Waals surface area contributed by atoms with Gasteiger partial charge in [-0.2, -0.15) is 0 Å². The second kappa shape index (κ2) is 8.34. The van der Waals surface area contributed by atoms with Gasteiger partial charge in [0.15, 0.2) is 0 Å². The average Bonchev–Trinajstić information content (AvgIpc) is 3.01. The van der Waals surface area contributed by atoms with Crippen LogP contribution in [0.2, 0.25) is 0 Å². The Kier molecular flexibility index (Phi) is 6.41. The molecule has 0 amide bonds. The Morgan fingerprint density at radius 3 is 2.17 bits per heavy atom. The van der Waals surface area contributed by atoms with Crippen molar-refractivity contribution < 1.29 is 15.3 Å². The van der Waals surface area contributed by atoms with Crippen molar-refractivity contribution in [2.45, 2.75) is 117 Å². The van der Waals surface area contributed by atoms with Crippen LogP contribution in [0.4, 0.5) is 0 Å². The summed E-state index contributed by atoms with van der Waals surface area (Å²) < 4.78 is 0. The minimum absolute atomic E-state index is 0.0245. The van der Waals surface area contributed by atoms with Crippen LogP contribution < -0.4 is 0 Å². The van der Waals surface area contributed by atoms with Crippen molar-refractivity contribution >= 4 is 0 Å². The van der Waals surface area contributed by atoms with E-state index in [-0.39, 0.29) is 17.4 Å². The van der Waals surface area contributed by atoms with Gasteiger partial charge in [0, 0.05) is 0 Å². The molecule has 0 aliphatic heterocycles. The van der Waals surface area contributed by atoms with Crippen LogP contribution in [0.3, 0.4) is 0 Å². The summed E-state index contributed by atoms with van der Waals surface area (Å²) in [7, 11) is 0. The van der Waals surface area contributed by atoms with Gasteiger partial charge in [-0.1, -0.05) is 53.9 Å². The van der Waals surface area contributed by atoms with E-state index < -0.39 is 12.2 Å². The molecule has 4 saturated carbocycles. The molecular formula is C27H48O3. The van der Waals surface area contributed by atoms with Crippen LogP contribution in [0, 0.1) is 52.3 Å². The summed E-state index contributed by atoms with van der Waals surface area (Å²) in [6.07, 6.45) is 9.88. The molecule has 3 N–H and O–H groups in total. The number of fused-ring (bicyclic) bond motifs is 5. The molecule has 4 fully saturated rings. The van der Waals surface area contributed by atoms with E-state index in [0.29, 0.717) is 30.1 Å². The molecule has 0 heterocycles. The fourth-order valence-corrected chi connectivity index (χ4v) is 9.35. The van der Waals surface area contributed by atoms with E-state index >= 15 is 0 Å². The first-order valence-electron chi connectivity index (χ1n) is 13.1. The Hall–Kier alpha value is -0.120. The zero-order valence-corrected chi connectivity index (χ0v) is 20.2. The summed E-state index contributed by atoms with van der Waals surface area (Å²) in [6, 6.07) is 0. The molecule has 3 heteroatoms. The molecule has 0 saturated heterocycles. The number of hydrogen-bond donors (Lipinski definition) is 3. The zero-order valence-electron chi connectivity index (χ0n) is 20.2. The Bertz CT molecular complexity index is 605. The van der Waals surface area contributed by atoms with Gasteiger partial charge in [-0.25, -0.2) is 0 Å². The van der Waals surface area contributed by atoms with Crippen molar-refractivity contribution in [3.63, 3.8) is 0 Å². The van der Waals surface area contributed by atoms with Crippen molar-refractivity contribution in [3.8, 4) is 0 Å². The lowest BCUT2D eigenvalue weighted by atomic mass is 9.43. The van der Waals surface area contributed by atoms with E-state index in [1.54, 1.807) is 0 Å². The molecule has 0 radical (unpaired) electrons. The Labute approximate surface area is 185 Å². The molecule has 174 valence electrons. The van der Waals surface area contributed by atoms with Crippen molar-refractivity contribution in [2.75, 3.05) is 0 Å². The summed E-state index contributed by atoms with van der Waals surface area (Å²) >= 11 is 0. The van der Waals surface area contributed by atoms with E-state index in [9.17, 15) is 15.3 Å². The molecule has 30 heavy (non-hydrogen) atoms. The van der Waals surface area contributed by atoms with Crippen LogP contribution in [0.15, 0.2) is 0 Å². The summed E-state index contributed by atoms with van der Waals surface area (Å²) in [5.74, 6) is 4.51. The number of aliphatic hydroxyl groups is 3. The quantitative estimate of drug-likeness (QED) is 0.557. The predicted molar refractivity (Wildman–Crippen MR) is 122 cm³/mol. The van der Waals surface area contributed by atoms with Gasteiger partial charge in [-0.05, 0) is 97.2 Å². The second-order valence-electron chi connectivity index (χ2n) is 12.9. The maximum Gasteiger partial charge on any atom is 0.0804 e. The Balaban J connectivity index is 1.51. The van der Waals surface area contributed by atoms with Crippen molar-refractivity contribution in [1.82, 2.24) is 0 Å². The SMILES string of the molecule is CC(C)CCC[C@@H](C)[C@H]1CC[C@H]2[C@@H]3C[C@H](O)[C@@H]4C[C@@H](O)[C@@H](O)C[C@]4(C)[C@H]3CC[C@]12C. The molecule has 4 aliphatic carbocycles. The fourth-order valence-electron chi connectivity index (χ4n) is 9.35. The molecular weight excluding hydrogens is 372 g/mol. The van der Waals surface area contributed by atoms with E-state index in [2.05, 4.69) is 34.6 Å². The van der Waals surface area contributed by atoms with Crippen LogP contribution in [-0.4, -0.2) is 33.6 Å². The summed E-state index contributed by atoms with van der Waals surface area (Å²) in [4.78, 5) is 0. The highest BCUT2D eigenvalue weighted by atomic mass is 16.3. The van der Waals surface area contributed by atoms with Crippen molar-refractivity contribution in [3.05, 3.63) is 0 Å². The monoisotopic (exact) mass is 420 g/mol. The van der Waals surface area contributed by atoms with Gasteiger partial charge in [0.2, 0.25) is 0 Å². The molecule has 0 aromatic carbocycles. The van der Waals surface area contributed by atoms with Gasteiger partial charge in [-0.3, -0.25) is 0 Å². The van der Waals surface area contributed by atoms with Gasteiger partial charge < -0.3 is 15.3 Å². The molecule has 4 rings (SSSR count). The van der Waals surface area contributed by atoms with Crippen LogP contribution in [0.25, 0.3) is 0 Å².